The lowest BCUT2D eigenvalue weighted by molar-refractivity contribution is -0.00971. The highest BCUT2D eigenvalue weighted by Gasteiger charge is 2.28. The largest absolute Gasteiger partial charge is 0.378 e. The molecule has 2 heteroatoms. The summed E-state index contributed by atoms with van der Waals surface area (Å²) >= 11 is 0. The zero-order chi connectivity index (χ0) is 9.52. The molecule has 76 valence electrons. The normalized spacial score (nSPS) is 26.8. The first-order chi connectivity index (χ1) is 6.36. The van der Waals surface area contributed by atoms with Gasteiger partial charge in [0.1, 0.15) is 0 Å². The Bertz CT molecular complexity index is 141. The van der Waals surface area contributed by atoms with E-state index < -0.39 is 0 Å². The van der Waals surface area contributed by atoms with Crippen molar-refractivity contribution in [3.63, 3.8) is 0 Å². The lowest BCUT2D eigenvalue weighted by Crippen LogP contribution is -2.45. The van der Waals surface area contributed by atoms with Crippen LogP contribution in [0.15, 0.2) is 12.7 Å². The second-order valence-corrected chi connectivity index (χ2v) is 3.63. The molecule has 0 radical (unpaired) electrons. The van der Waals surface area contributed by atoms with E-state index in [4.69, 9.17) is 4.74 Å². The summed E-state index contributed by atoms with van der Waals surface area (Å²) in [6.07, 6.45) is 7.23. The molecular weight excluding hydrogens is 162 g/mol. The van der Waals surface area contributed by atoms with Crippen molar-refractivity contribution in [1.29, 1.82) is 0 Å². The van der Waals surface area contributed by atoms with Gasteiger partial charge >= 0.3 is 0 Å². The highest BCUT2D eigenvalue weighted by atomic mass is 16.5. The minimum Gasteiger partial charge on any atom is -0.378 e. The smallest absolute Gasteiger partial charge is 0.0604 e. The van der Waals surface area contributed by atoms with Gasteiger partial charge in [0, 0.05) is 12.6 Å². The minimum atomic E-state index is 0.530. The molecular formula is C11H21NO. The van der Waals surface area contributed by atoms with E-state index in [2.05, 4.69) is 18.8 Å². The second-order valence-electron chi connectivity index (χ2n) is 3.63. The molecule has 0 aromatic carbocycles. The number of allylic oxidation sites excluding steroid dienone is 1. The van der Waals surface area contributed by atoms with Crippen molar-refractivity contribution in [3.8, 4) is 0 Å². The minimum absolute atomic E-state index is 0.530. The second kappa shape index (κ2) is 6.17. The molecule has 2 nitrogen and oxygen atoms in total. The van der Waals surface area contributed by atoms with E-state index in [0.717, 1.165) is 19.6 Å². The molecule has 0 spiro atoms. The Morgan fingerprint density at radius 3 is 2.92 bits per heavy atom. The van der Waals surface area contributed by atoms with Crippen molar-refractivity contribution in [1.82, 2.24) is 5.32 Å². The van der Waals surface area contributed by atoms with Gasteiger partial charge in [-0.25, -0.2) is 0 Å². The van der Waals surface area contributed by atoms with Crippen LogP contribution in [-0.4, -0.2) is 25.3 Å². The van der Waals surface area contributed by atoms with Crippen molar-refractivity contribution in [2.24, 2.45) is 0 Å². The van der Waals surface area contributed by atoms with Gasteiger partial charge in [-0.15, -0.1) is 6.58 Å². The molecule has 0 atom stereocenters. The number of nitrogens with one attached hydrogen (secondary N) is 1. The van der Waals surface area contributed by atoms with Gasteiger partial charge in [0.2, 0.25) is 0 Å². The predicted octanol–water partition coefficient (Wildman–Crippen LogP) is 2.11. The van der Waals surface area contributed by atoms with E-state index >= 15 is 0 Å². The van der Waals surface area contributed by atoms with Crippen LogP contribution in [0.4, 0.5) is 0 Å². The fourth-order valence-electron chi connectivity index (χ4n) is 1.66. The van der Waals surface area contributed by atoms with Crippen LogP contribution in [0.2, 0.25) is 0 Å². The first-order valence-corrected chi connectivity index (χ1v) is 5.32. The molecule has 1 aliphatic rings. The van der Waals surface area contributed by atoms with Crippen molar-refractivity contribution >= 4 is 0 Å². The maximum atomic E-state index is 5.48. The van der Waals surface area contributed by atoms with Crippen LogP contribution in [0.25, 0.3) is 0 Å². The van der Waals surface area contributed by atoms with Gasteiger partial charge in [0.05, 0.1) is 6.10 Å². The third-order valence-corrected chi connectivity index (χ3v) is 2.52. The molecule has 1 fully saturated rings. The summed E-state index contributed by atoms with van der Waals surface area (Å²) in [5.74, 6) is 0. The molecule has 0 saturated heterocycles. The highest BCUT2D eigenvalue weighted by molar-refractivity contribution is 4.85. The van der Waals surface area contributed by atoms with E-state index in [-0.39, 0.29) is 0 Å². The van der Waals surface area contributed by atoms with Crippen molar-refractivity contribution in [2.75, 3.05) is 13.2 Å². The third-order valence-electron chi connectivity index (χ3n) is 2.52. The van der Waals surface area contributed by atoms with Crippen LogP contribution in [0.3, 0.4) is 0 Å². The summed E-state index contributed by atoms with van der Waals surface area (Å²) in [6.45, 7) is 7.74. The Labute approximate surface area is 81.4 Å². The Morgan fingerprint density at radius 2 is 2.31 bits per heavy atom. The monoisotopic (exact) mass is 183 g/mol. The van der Waals surface area contributed by atoms with E-state index in [9.17, 15) is 0 Å². The summed E-state index contributed by atoms with van der Waals surface area (Å²) in [5.41, 5.74) is 0. The summed E-state index contributed by atoms with van der Waals surface area (Å²) in [4.78, 5) is 0. The van der Waals surface area contributed by atoms with Crippen LogP contribution in [0.5, 0.6) is 0 Å². The fraction of sp³-hybridized carbons (Fsp3) is 0.818. The van der Waals surface area contributed by atoms with Crippen LogP contribution in [0.1, 0.15) is 32.6 Å². The predicted molar refractivity (Wildman–Crippen MR) is 55.9 cm³/mol. The van der Waals surface area contributed by atoms with Gasteiger partial charge < -0.3 is 10.1 Å². The molecule has 0 amide bonds. The van der Waals surface area contributed by atoms with E-state index in [0.29, 0.717) is 12.1 Å². The number of rotatable bonds is 7. The fourth-order valence-corrected chi connectivity index (χ4v) is 1.66. The van der Waals surface area contributed by atoms with Gasteiger partial charge in [-0.1, -0.05) is 6.08 Å². The van der Waals surface area contributed by atoms with Crippen LogP contribution < -0.4 is 5.32 Å². The first kappa shape index (κ1) is 10.7. The number of ether oxygens (including phenoxy) is 1. The van der Waals surface area contributed by atoms with E-state index in [1.807, 2.05) is 6.08 Å². The Hall–Kier alpha value is -0.340. The molecule has 0 heterocycles. The van der Waals surface area contributed by atoms with Gasteiger partial charge in [0.25, 0.3) is 0 Å². The number of unbranched alkanes of at least 4 members (excludes halogenated alkanes) is 1. The van der Waals surface area contributed by atoms with Gasteiger partial charge in [-0.2, -0.15) is 0 Å². The van der Waals surface area contributed by atoms with Crippen molar-refractivity contribution < 1.29 is 4.74 Å². The average Bonchev–Trinajstić information content (AvgIpc) is 2.07. The molecule has 1 N–H and O–H groups in total. The lowest BCUT2D eigenvalue weighted by Gasteiger charge is -2.35. The number of hydrogen-bond donors (Lipinski definition) is 1. The quantitative estimate of drug-likeness (QED) is 0.482. The Kier molecular flexibility index (Phi) is 5.09. The van der Waals surface area contributed by atoms with Crippen LogP contribution >= 0.6 is 0 Å². The third kappa shape index (κ3) is 3.92. The number of hydrogen-bond acceptors (Lipinski definition) is 2. The molecule has 0 aromatic rings. The molecule has 1 rings (SSSR count). The zero-order valence-corrected chi connectivity index (χ0v) is 8.59. The molecule has 0 unspecified atom stereocenters. The van der Waals surface area contributed by atoms with Crippen molar-refractivity contribution in [2.45, 2.75) is 44.8 Å². The molecule has 0 aliphatic heterocycles. The average molecular weight is 183 g/mol. The maximum absolute atomic E-state index is 5.48. The van der Waals surface area contributed by atoms with E-state index in [1.54, 1.807) is 0 Å². The Morgan fingerprint density at radius 1 is 1.54 bits per heavy atom. The standard InChI is InChI=1S/C11H21NO/c1-3-5-6-7-12-10-8-11(9-10)13-4-2/h3,10-12H,1,4-9H2,2H3. The van der Waals surface area contributed by atoms with Gasteiger partial charge in [-0.05, 0) is 39.2 Å². The molecule has 0 bridgehead atoms. The summed E-state index contributed by atoms with van der Waals surface area (Å²) in [6, 6.07) is 0.710. The summed E-state index contributed by atoms with van der Waals surface area (Å²) < 4.78 is 5.48. The molecule has 1 saturated carbocycles. The molecule has 0 aromatic heterocycles. The lowest BCUT2D eigenvalue weighted by atomic mass is 9.89. The summed E-state index contributed by atoms with van der Waals surface area (Å²) in [7, 11) is 0. The molecule has 13 heavy (non-hydrogen) atoms. The van der Waals surface area contributed by atoms with Gasteiger partial charge in [0.15, 0.2) is 0 Å². The first-order valence-electron chi connectivity index (χ1n) is 5.32. The Balaban J connectivity index is 1.87. The van der Waals surface area contributed by atoms with Gasteiger partial charge in [-0.3, -0.25) is 0 Å². The highest BCUT2D eigenvalue weighted by Crippen LogP contribution is 2.22. The topological polar surface area (TPSA) is 21.3 Å². The molecule has 1 aliphatic carbocycles. The zero-order valence-electron chi connectivity index (χ0n) is 8.59. The van der Waals surface area contributed by atoms with Crippen LogP contribution in [-0.2, 0) is 4.74 Å². The van der Waals surface area contributed by atoms with Crippen LogP contribution in [0, 0.1) is 0 Å². The van der Waals surface area contributed by atoms with E-state index in [1.165, 1.54) is 19.3 Å². The maximum Gasteiger partial charge on any atom is 0.0604 e. The van der Waals surface area contributed by atoms with Crippen molar-refractivity contribution in [3.05, 3.63) is 12.7 Å². The summed E-state index contributed by atoms with van der Waals surface area (Å²) in [5, 5.41) is 3.51. The SMILES string of the molecule is C=CCCCNC1CC(OCC)C1.